The SMILES string of the molecule is Cn1c(-c2cc3ccccc3s2)nnc1C(C)(C)Oc1c(F)cc(F)cc1F. The maximum Gasteiger partial charge on any atom is 0.192 e. The number of nitrogens with zero attached hydrogens (tertiary/aromatic N) is 3. The highest BCUT2D eigenvalue weighted by Crippen LogP contribution is 2.35. The molecule has 0 amide bonds. The Balaban J connectivity index is 1.71. The van der Waals surface area contributed by atoms with E-state index in [1.54, 1.807) is 36.8 Å². The summed E-state index contributed by atoms with van der Waals surface area (Å²) in [7, 11) is 1.76. The molecule has 0 fully saturated rings. The summed E-state index contributed by atoms with van der Waals surface area (Å²) in [6.07, 6.45) is 0. The minimum atomic E-state index is -1.21. The molecule has 2 aromatic carbocycles. The molecule has 0 atom stereocenters. The van der Waals surface area contributed by atoms with Crippen molar-refractivity contribution in [3.63, 3.8) is 0 Å². The predicted molar refractivity (Wildman–Crippen MR) is 102 cm³/mol. The zero-order valence-corrected chi connectivity index (χ0v) is 16.1. The average molecular weight is 403 g/mol. The van der Waals surface area contributed by atoms with Crippen molar-refractivity contribution >= 4 is 21.4 Å². The van der Waals surface area contributed by atoms with Gasteiger partial charge in [-0.1, -0.05) is 18.2 Å². The third-order valence-corrected chi connectivity index (χ3v) is 5.49. The fraction of sp³-hybridized carbons (Fsp3) is 0.200. The second-order valence-electron chi connectivity index (χ2n) is 6.87. The minimum absolute atomic E-state index is 0.378. The van der Waals surface area contributed by atoms with Crippen LogP contribution >= 0.6 is 11.3 Å². The zero-order chi connectivity index (χ0) is 20.1. The third kappa shape index (κ3) is 3.13. The first-order valence-electron chi connectivity index (χ1n) is 8.48. The standard InChI is InChI=1S/C20H16F3N3OS/c1-20(2,27-17-13(22)9-12(21)10-14(17)23)19-25-24-18(26(19)3)16-8-11-6-4-5-7-15(11)28-16/h4-10H,1-3H3. The van der Waals surface area contributed by atoms with Crippen LogP contribution in [0, 0.1) is 17.5 Å². The lowest BCUT2D eigenvalue weighted by Gasteiger charge is -2.25. The lowest BCUT2D eigenvalue weighted by atomic mass is 10.1. The van der Waals surface area contributed by atoms with Crippen LogP contribution in [-0.4, -0.2) is 14.8 Å². The van der Waals surface area contributed by atoms with Gasteiger partial charge in [0.1, 0.15) is 5.82 Å². The van der Waals surface area contributed by atoms with Gasteiger partial charge in [0.05, 0.1) is 4.88 Å². The van der Waals surface area contributed by atoms with E-state index in [4.69, 9.17) is 4.74 Å². The first-order valence-corrected chi connectivity index (χ1v) is 9.30. The van der Waals surface area contributed by atoms with Crippen LogP contribution in [0.4, 0.5) is 13.2 Å². The van der Waals surface area contributed by atoms with E-state index in [1.807, 2.05) is 30.3 Å². The smallest absolute Gasteiger partial charge is 0.192 e. The van der Waals surface area contributed by atoms with E-state index in [0.717, 1.165) is 15.0 Å². The highest BCUT2D eigenvalue weighted by atomic mass is 32.1. The van der Waals surface area contributed by atoms with E-state index >= 15 is 0 Å². The maximum atomic E-state index is 14.0. The van der Waals surface area contributed by atoms with Gasteiger partial charge in [0.2, 0.25) is 0 Å². The summed E-state index contributed by atoms with van der Waals surface area (Å²) in [6.45, 7) is 3.24. The normalized spacial score (nSPS) is 11.9. The van der Waals surface area contributed by atoms with Crippen LogP contribution in [0.15, 0.2) is 42.5 Å². The predicted octanol–water partition coefficient (Wildman–Crippen LogP) is 5.43. The van der Waals surface area contributed by atoms with Gasteiger partial charge in [0.25, 0.3) is 0 Å². The summed E-state index contributed by atoms with van der Waals surface area (Å²) in [4.78, 5) is 0.914. The van der Waals surface area contributed by atoms with Crippen LogP contribution in [0.25, 0.3) is 20.8 Å². The number of fused-ring (bicyclic) bond motifs is 1. The first kappa shape index (κ1) is 18.5. The summed E-state index contributed by atoms with van der Waals surface area (Å²) in [6, 6.07) is 11.1. The van der Waals surface area contributed by atoms with Crippen molar-refractivity contribution in [1.29, 1.82) is 0 Å². The number of rotatable bonds is 4. The van der Waals surface area contributed by atoms with Crippen LogP contribution in [0.2, 0.25) is 0 Å². The average Bonchev–Trinajstić information content (AvgIpc) is 3.21. The van der Waals surface area contributed by atoms with Crippen molar-refractivity contribution in [2.45, 2.75) is 19.4 Å². The molecule has 0 aliphatic rings. The van der Waals surface area contributed by atoms with Crippen molar-refractivity contribution in [3.8, 4) is 16.5 Å². The maximum absolute atomic E-state index is 14.0. The molecule has 0 unspecified atom stereocenters. The molecule has 28 heavy (non-hydrogen) atoms. The number of thiophene rings is 1. The molecule has 4 aromatic rings. The quantitative estimate of drug-likeness (QED) is 0.456. The van der Waals surface area contributed by atoms with E-state index in [1.165, 1.54) is 0 Å². The highest BCUT2D eigenvalue weighted by molar-refractivity contribution is 7.22. The number of ether oxygens (including phenoxy) is 1. The Bertz CT molecular complexity index is 1130. The fourth-order valence-electron chi connectivity index (χ4n) is 3.09. The van der Waals surface area contributed by atoms with Gasteiger partial charge in [-0.15, -0.1) is 21.5 Å². The van der Waals surface area contributed by atoms with E-state index in [0.29, 0.717) is 23.8 Å². The molecular weight excluding hydrogens is 387 g/mol. The molecule has 0 saturated heterocycles. The lowest BCUT2D eigenvalue weighted by molar-refractivity contribution is 0.0833. The fourth-order valence-corrected chi connectivity index (χ4v) is 4.17. The van der Waals surface area contributed by atoms with Gasteiger partial charge in [0, 0.05) is 23.9 Å². The molecule has 4 nitrogen and oxygen atoms in total. The van der Waals surface area contributed by atoms with Crippen molar-refractivity contribution in [3.05, 3.63) is 65.7 Å². The van der Waals surface area contributed by atoms with Gasteiger partial charge >= 0.3 is 0 Å². The van der Waals surface area contributed by atoms with Crippen molar-refractivity contribution < 1.29 is 17.9 Å². The summed E-state index contributed by atoms with van der Waals surface area (Å²) >= 11 is 1.57. The van der Waals surface area contributed by atoms with Gasteiger partial charge in [-0.05, 0) is 31.4 Å². The van der Waals surface area contributed by atoms with Gasteiger partial charge in [-0.2, -0.15) is 0 Å². The molecule has 144 valence electrons. The molecule has 0 bridgehead atoms. The van der Waals surface area contributed by atoms with Crippen molar-refractivity contribution in [2.24, 2.45) is 7.05 Å². The number of halogens is 3. The molecule has 0 N–H and O–H groups in total. The molecule has 0 aliphatic carbocycles. The van der Waals surface area contributed by atoms with E-state index in [2.05, 4.69) is 10.2 Å². The Hall–Kier alpha value is -2.87. The molecule has 0 saturated carbocycles. The number of benzene rings is 2. The molecular formula is C20H16F3N3OS. The first-order chi connectivity index (χ1) is 13.3. The Morgan fingerprint density at radius 1 is 1.00 bits per heavy atom. The Kier molecular flexibility index (Phi) is 4.38. The monoisotopic (exact) mass is 403 g/mol. The molecule has 2 aromatic heterocycles. The van der Waals surface area contributed by atoms with Gasteiger partial charge in [0.15, 0.2) is 34.6 Å². The van der Waals surface area contributed by atoms with Crippen LogP contribution in [0.5, 0.6) is 5.75 Å². The summed E-state index contributed by atoms with van der Waals surface area (Å²) < 4.78 is 49.5. The van der Waals surface area contributed by atoms with Gasteiger partial charge in [-0.3, -0.25) is 0 Å². The number of aromatic nitrogens is 3. The van der Waals surface area contributed by atoms with Gasteiger partial charge in [-0.25, -0.2) is 13.2 Å². The number of hydrogen-bond acceptors (Lipinski definition) is 4. The minimum Gasteiger partial charge on any atom is -0.474 e. The Labute approximate surface area is 163 Å². The third-order valence-electron chi connectivity index (χ3n) is 4.38. The Morgan fingerprint density at radius 2 is 1.68 bits per heavy atom. The van der Waals surface area contributed by atoms with Crippen molar-refractivity contribution in [1.82, 2.24) is 14.8 Å². The highest BCUT2D eigenvalue weighted by Gasteiger charge is 2.32. The Morgan fingerprint density at radius 3 is 2.36 bits per heavy atom. The number of hydrogen-bond donors (Lipinski definition) is 0. The molecule has 0 spiro atoms. The topological polar surface area (TPSA) is 39.9 Å². The van der Waals surface area contributed by atoms with Crippen LogP contribution < -0.4 is 4.74 Å². The van der Waals surface area contributed by atoms with Crippen LogP contribution in [-0.2, 0) is 12.6 Å². The second-order valence-corrected chi connectivity index (χ2v) is 7.95. The second kappa shape index (κ2) is 6.63. The zero-order valence-electron chi connectivity index (χ0n) is 15.3. The van der Waals surface area contributed by atoms with Crippen molar-refractivity contribution in [2.75, 3.05) is 0 Å². The molecule has 0 radical (unpaired) electrons. The molecule has 8 heteroatoms. The molecule has 2 heterocycles. The lowest BCUT2D eigenvalue weighted by Crippen LogP contribution is -2.30. The van der Waals surface area contributed by atoms with Crippen LogP contribution in [0.3, 0.4) is 0 Å². The summed E-state index contributed by atoms with van der Waals surface area (Å²) in [5.74, 6) is -2.89. The summed E-state index contributed by atoms with van der Waals surface area (Å²) in [5, 5.41) is 9.52. The van der Waals surface area contributed by atoms with E-state index < -0.39 is 28.8 Å². The van der Waals surface area contributed by atoms with E-state index in [-0.39, 0.29) is 0 Å². The summed E-state index contributed by atoms with van der Waals surface area (Å²) in [5.41, 5.74) is -1.21. The van der Waals surface area contributed by atoms with Gasteiger partial charge < -0.3 is 9.30 Å². The van der Waals surface area contributed by atoms with E-state index in [9.17, 15) is 13.2 Å². The van der Waals surface area contributed by atoms with Crippen LogP contribution in [0.1, 0.15) is 19.7 Å². The molecule has 4 rings (SSSR count). The largest absolute Gasteiger partial charge is 0.474 e. The molecule has 0 aliphatic heterocycles.